The zero-order chi connectivity index (χ0) is 29.7. The van der Waals surface area contributed by atoms with E-state index < -0.39 is 10.4 Å². The lowest BCUT2D eigenvalue weighted by atomic mass is 9.82. The molecule has 0 unspecified atom stereocenters. The predicted molar refractivity (Wildman–Crippen MR) is 154 cm³/mol. The lowest BCUT2D eigenvalue weighted by molar-refractivity contribution is -0.915. The van der Waals surface area contributed by atoms with Crippen LogP contribution in [0.15, 0.2) is 36.4 Å². The molecular formula is C28H40N4O8S+2. The zero-order valence-electron chi connectivity index (χ0n) is 23.6. The molecule has 0 spiro atoms. The zero-order valence-corrected chi connectivity index (χ0v) is 24.4. The van der Waals surface area contributed by atoms with Crippen molar-refractivity contribution in [1.29, 1.82) is 0 Å². The average Bonchev–Trinajstić information content (AvgIpc) is 2.91. The predicted octanol–water partition coefficient (Wildman–Crippen LogP) is 1.59. The quantitative estimate of drug-likeness (QED) is 0.224. The number of hydrogen-bond donors (Lipinski definition) is 4. The Morgan fingerprint density at radius 3 is 1.39 bits per heavy atom. The van der Waals surface area contributed by atoms with E-state index >= 15 is 0 Å². The Morgan fingerprint density at radius 1 is 0.707 bits per heavy atom. The number of likely N-dealkylation sites (N-methyl/N-ethyl adjacent to an activating group) is 2. The van der Waals surface area contributed by atoms with Gasteiger partial charge in [0, 0.05) is 22.5 Å². The first-order valence-corrected chi connectivity index (χ1v) is 15.1. The van der Waals surface area contributed by atoms with Crippen LogP contribution in [-0.4, -0.2) is 131 Å². The Kier molecular flexibility index (Phi) is 9.80. The third-order valence-electron chi connectivity index (χ3n) is 8.11. The van der Waals surface area contributed by atoms with E-state index in [4.69, 9.17) is 27.0 Å². The van der Waals surface area contributed by atoms with E-state index in [1.54, 1.807) is 12.1 Å². The highest BCUT2D eigenvalue weighted by Crippen LogP contribution is 2.35. The van der Waals surface area contributed by atoms with E-state index in [2.05, 4.69) is 24.7 Å². The molecule has 0 atom stereocenters. The van der Waals surface area contributed by atoms with Gasteiger partial charge in [-0.2, -0.15) is 8.42 Å². The summed E-state index contributed by atoms with van der Waals surface area (Å²) in [5.74, 6) is -0.185. The van der Waals surface area contributed by atoms with Crippen LogP contribution in [0.4, 0.5) is 11.4 Å². The molecular weight excluding hydrogens is 552 g/mol. The Balaban J connectivity index is 0.000000714. The summed E-state index contributed by atoms with van der Waals surface area (Å²) in [4.78, 5) is 27.3. The molecule has 13 heteroatoms. The van der Waals surface area contributed by atoms with Gasteiger partial charge in [-0.1, -0.05) is 24.3 Å². The van der Waals surface area contributed by atoms with Crippen LogP contribution in [-0.2, 0) is 19.9 Å². The highest BCUT2D eigenvalue weighted by Gasteiger charge is 2.34. The van der Waals surface area contributed by atoms with Crippen molar-refractivity contribution in [2.24, 2.45) is 0 Å². The van der Waals surface area contributed by atoms with Crippen molar-refractivity contribution < 1.29 is 45.6 Å². The maximum Gasteiger partial charge on any atom is 0.394 e. The maximum atomic E-state index is 13.7. The molecule has 1 aliphatic carbocycles. The molecule has 0 saturated carbocycles. The minimum atomic E-state index is -4.67. The number of fused-ring (bicyclic) bond motifs is 2. The first-order chi connectivity index (χ1) is 19.4. The number of morpholine rings is 2. The number of nitrogens with one attached hydrogen (secondary N) is 2. The summed E-state index contributed by atoms with van der Waals surface area (Å²) in [6.45, 7) is 10.4. The minimum Gasteiger partial charge on any atom is -0.379 e. The molecule has 2 heterocycles. The third kappa shape index (κ3) is 8.10. The van der Waals surface area contributed by atoms with Gasteiger partial charge in [0.2, 0.25) is 0 Å². The topological polar surface area (TPSA) is 151 Å². The summed E-state index contributed by atoms with van der Waals surface area (Å²) >= 11 is 0. The van der Waals surface area contributed by atoms with Crippen LogP contribution in [0.1, 0.15) is 31.8 Å². The number of hydrogen-bond acceptors (Lipinski definition) is 8. The molecule has 2 aliphatic heterocycles. The van der Waals surface area contributed by atoms with Gasteiger partial charge in [-0.05, 0) is 12.1 Å². The first kappa shape index (κ1) is 31.0. The van der Waals surface area contributed by atoms with Crippen molar-refractivity contribution in [3.05, 3.63) is 58.7 Å². The molecule has 0 amide bonds. The van der Waals surface area contributed by atoms with E-state index in [1.807, 2.05) is 24.3 Å². The van der Waals surface area contributed by atoms with Gasteiger partial charge in [0.15, 0.2) is 11.6 Å². The molecule has 0 bridgehead atoms. The monoisotopic (exact) mass is 592 g/mol. The summed E-state index contributed by atoms with van der Waals surface area (Å²) in [7, 11) is -0.184. The van der Waals surface area contributed by atoms with E-state index in [0.717, 1.165) is 99.1 Å². The summed E-state index contributed by atoms with van der Waals surface area (Å²) in [5.41, 5.74) is 3.40. The van der Waals surface area contributed by atoms with Gasteiger partial charge in [-0.15, -0.1) is 0 Å². The van der Waals surface area contributed by atoms with Gasteiger partial charge < -0.3 is 29.1 Å². The van der Waals surface area contributed by atoms with Crippen molar-refractivity contribution in [2.75, 3.05) is 104 Å². The highest BCUT2D eigenvalue weighted by atomic mass is 32.3. The van der Waals surface area contributed by atoms with Crippen molar-refractivity contribution >= 4 is 33.3 Å². The summed E-state index contributed by atoms with van der Waals surface area (Å²) < 4.78 is 44.5. The van der Waals surface area contributed by atoms with Gasteiger partial charge >= 0.3 is 10.4 Å². The van der Waals surface area contributed by atoms with Crippen molar-refractivity contribution in [3.63, 3.8) is 0 Å². The van der Waals surface area contributed by atoms with Crippen LogP contribution in [0.5, 0.6) is 0 Å². The van der Waals surface area contributed by atoms with Gasteiger partial charge in [-0.3, -0.25) is 18.7 Å². The van der Waals surface area contributed by atoms with Gasteiger partial charge in [0.05, 0.1) is 77.8 Å². The SMILES string of the molecule is C[N+]1(CCNc2cccc3c2C(=O)c2cccc(NCC[N+]4(C)CCOCC4)c2C3=O)CCOCC1.O=S(=O)(O)O. The third-order valence-corrected chi connectivity index (χ3v) is 8.11. The molecule has 41 heavy (non-hydrogen) atoms. The average molecular weight is 593 g/mol. The molecule has 224 valence electrons. The highest BCUT2D eigenvalue weighted by molar-refractivity contribution is 7.79. The molecule has 5 rings (SSSR count). The lowest BCUT2D eigenvalue weighted by Gasteiger charge is -2.37. The van der Waals surface area contributed by atoms with E-state index in [1.165, 1.54) is 0 Å². The standard InChI is InChI=1S/C28H36N4O4.H2O4S/c1-31(13-17-35-18-14-31)11-9-29-23-7-3-5-21-25(23)27(33)22-6-4-8-24(26(22)28(21)34)30-10-12-32(2)15-19-36-20-16-32;1-5(2,3)4/h3-8H,9-20H2,1-2H3;(H2,1,2,3,4)/p+2. The fraction of sp³-hybridized carbons (Fsp3) is 0.500. The molecule has 0 aromatic heterocycles. The Morgan fingerprint density at radius 2 is 1.05 bits per heavy atom. The van der Waals surface area contributed by atoms with Gasteiger partial charge in [-0.25, -0.2) is 0 Å². The Hall–Kier alpha value is -2.91. The number of carbonyl (C=O) groups is 2. The van der Waals surface area contributed by atoms with Gasteiger partial charge in [0.1, 0.15) is 26.2 Å². The summed E-state index contributed by atoms with van der Waals surface area (Å²) in [6.07, 6.45) is 0. The first-order valence-electron chi connectivity index (χ1n) is 13.7. The number of carbonyl (C=O) groups excluding carboxylic acids is 2. The molecule has 2 saturated heterocycles. The van der Waals surface area contributed by atoms with Crippen LogP contribution < -0.4 is 10.6 Å². The molecule has 2 fully saturated rings. The van der Waals surface area contributed by atoms with Crippen molar-refractivity contribution in [3.8, 4) is 0 Å². The van der Waals surface area contributed by atoms with E-state index in [0.29, 0.717) is 22.3 Å². The fourth-order valence-electron chi connectivity index (χ4n) is 5.47. The van der Waals surface area contributed by atoms with Crippen LogP contribution in [0.3, 0.4) is 0 Å². The largest absolute Gasteiger partial charge is 0.394 e. The number of rotatable bonds is 8. The number of quaternary nitrogens is 2. The number of ether oxygens (including phenoxy) is 2. The second-order valence-electron chi connectivity index (χ2n) is 11.2. The Labute approximate surface area is 241 Å². The van der Waals surface area contributed by atoms with E-state index in [9.17, 15) is 9.59 Å². The number of benzene rings is 2. The molecule has 3 aliphatic rings. The fourth-order valence-corrected chi connectivity index (χ4v) is 5.47. The number of nitrogens with zero attached hydrogens (tertiary/aromatic N) is 2. The minimum absolute atomic E-state index is 0.0923. The van der Waals surface area contributed by atoms with Gasteiger partial charge in [0.25, 0.3) is 0 Å². The summed E-state index contributed by atoms with van der Waals surface area (Å²) in [5, 5.41) is 6.92. The van der Waals surface area contributed by atoms with Crippen LogP contribution in [0.25, 0.3) is 0 Å². The van der Waals surface area contributed by atoms with Crippen LogP contribution >= 0.6 is 0 Å². The smallest absolute Gasteiger partial charge is 0.379 e. The second kappa shape index (κ2) is 12.9. The second-order valence-corrected chi connectivity index (χ2v) is 12.1. The van der Waals surface area contributed by atoms with Crippen LogP contribution in [0, 0.1) is 0 Å². The van der Waals surface area contributed by atoms with Crippen LogP contribution in [0.2, 0.25) is 0 Å². The summed E-state index contributed by atoms with van der Waals surface area (Å²) in [6, 6.07) is 11.1. The molecule has 2 aromatic rings. The molecule has 12 nitrogen and oxygen atoms in total. The molecule has 4 N–H and O–H groups in total. The molecule has 2 aromatic carbocycles. The number of ketones is 2. The molecule has 0 radical (unpaired) electrons. The van der Waals surface area contributed by atoms with Crippen molar-refractivity contribution in [1.82, 2.24) is 0 Å². The maximum absolute atomic E-state index is 13.7. The Bertz CT molecular complexity index is 1270. The number of anilines is 2. The normalized spacial score (nSPS) is 19.3. The van der Waals surface area contributed by atoms with Crippen molar-refractivity contribution in [2.45, 2.75) is 0 Å². The lowest BCUT2D eigenvalue weighted by Crippen LogP contribution is -2.53. The van der Waals surface area contributed by atoms with E-state index in [-0.39, 0.29) is 11.6 Å².